The number of nitro groups is 1. The van der Waals surface area contributed by atoms with E-state index in [0.717, 1.165) is 17.5 Å². The van der Waals surface area contributed by atoms with Crippen LogP contribution in [0, 0.1) is 10.1 Å². The molecule has 0 amide bonds. The fourth-order valence-electron chi connectivity index (χ4n) is 2.57. The van der Waals surface area contributed by atoms with Crippen molar-refractivity contribution >= 4 is 33.0 Å². The SMILES string of the molecule is COc1ccc(OC)c2c1C(=O)C=C(CNc1ncc([N+](=O)[O-])s1)C2=O. The molecule has 1 aromatic carbocycles. The highest BCUT2D eigenvalue weighted by Gasteiger charge is 2.31. The van der Waals surface area contributed by atoms with Crippen LogP contribution in [0.2, 0.25) is 0 Å². The van der Waals surface area contributed by atoms with Crippen LogP contribution in [0.1, 0.15) is 20.7 Å². The van der Waals surface area contributed by atoms with Crippen LogP contribution in [0.4, 0.5) is 10.1 Å². The number of aromatic nitrogens is 1. The molecule has 10 heteroatoms. The molecule has 2 aromatic rings. The number of carbonyl (C=O) groups is 2. The summed E-state index contributed by atoms with van der Waals surface area (Å²) in [7, 11) is 2.82. The molecule has 0 saturated carbocycles. The summed E-state index contributed by atoms with van der Waals surface area (Å²) in [5, 5.41) is 13.7. The Labute approximate surface area is 151 Å². The number of carbonyl (C=O) groups excluding carboxylic acids is 2. The van der Waals surface area contributed by atoms with Crippen molar-refractivity contribution in [3.05, 3.63) is 51.2 Å². The monoisotopic (exact) mass is 375 g/mol. The molecule has 0 fully saturated rings. The van der Waals surface area contributed by atoms with Crippen LogP contribution in [0.5, 0.6) is 11.5 Å². The first-order valence-electron chi connectivity index (χ1n) is 7.35. The summed E-state index contributed by atoms with van der Waals surface area (Å²) >= 11 is 0.841. The fourth-order valence-corrected chi connectivity index (χ4v) is 3.19. The number of hydrogen-bond acceptors (Lipinski definition) is 9. The van der Waals surface area contributed by atoms with Gasteiger partial charge in [-0.25, -0.2) is 4.98 Å². The highest BCUT2D eigenvalue weighted by Crippen LogP contribution is 2.36. The lowest BCUT2D eigenvalue weighted by atomic mass is 9.88. The number of allylic oxidation sites excluding steroid dienone is 1. The lowest BCUT2D eigenvalue weighted by Crippen LogP contribution is -2.23. The van der Waals surface area contributed by atoms with Gasteiger partial charge in [0.1, 0.15) is 17.7 Å². The Morgan fingerprint density at radius 1 is 1.19 bits per heavy atom. The number of nitrogens with one attached hydrogen (secondary N) is 1. The summed E-state index contributed by atoms with van der Waals surface area (Å²) in [5.74, 6) is -0.196. The molecule has 0 saturated heterocycles. The van der Waals surface area contributed by atoms with Gasteiger partial charge in [0.25, 0.3) is 0 Å². The Morgan fingerprint density at radius 3 is 2.42 bits per heavy atom. The van der Waals surface area contributed by atoms with E-state index in [0.29, 0.717) is 0 Å². The number of fused-ring (bicyclic) bond motifs is 1. The summed E-state index contributed by atoms with van der Waals surface area (Å²) in [6, 6.07) is 3.12. The average molecular weight is 375 g/mol. The molecule has 1 heterocycles. The van der Waals surface area contributed by atoms with Gasteiger partial charge in [-0.1, -0.05) is 0 Å². The molecule has 1 aliphatic rings. The van der Waals surface area contributed by atoms with Gasteiger partial charge in [-0.15, -0.1) is 0 Å². The number of ketones is 2. The number of anilines is 1. The zero-order chi connectivity index (χ0) is 18.8. The zero-order valence-corrected chi connectivity index (χ0v) is 14.6. The first kappa shape index (κ1) is 17.5. The molecule has 1 N–H and O–H groups in total. The van der Waals surface area contributed by atoms with Gasteiger partial charge in [-0.05, 0) is 29.5 Å². The molecule has 0 spiro atoms. The third-order valence-electron chi connectivity index (χ3n) is 3.74. The Hall–Kier alpha value is -3.27. The number of hydrogen-bond donors (Lipinski definition) is 1. The van der Waals surface area contributed by atoms with Crippen LogP contribution in [0.15, 0.2) is 30.0 Å². The number of benzene rings is 1. The minimum atomic E-state index is -0.551. The van der Waals surface area contributed by atoms with Crippen LogP contribution in [0.3, 0.4) is 0 Å². The van der Waals surface area contributed by atoms with Gasteiger partial charge in [0, 0.05) is 12.1 Å². The van der Waals surface area contributed by atoms with Gasteiger partial charge in [-0.2, -0.15) is 0 Å². The van der Waals surface area contributed by atoms with Gasteiger partial charge < -0.3 is 14.8 Å². The van der Waals surface area contributed by atoms with E-state index in [1.165, 1.54) is 20.3 Å². The van der Waals surface area contributed by atoms with Gasteiger partial charge >= 0.3 is 5.00 Å². The summed E-state index contributed by atoms with van der Waals surface area (Å²) in [5.41, 5.74) is 0.499. The molecule has 1 aromatic heterocycles. The average Bonchev–Trinajstić information content (AvgIpc) is 3.11. The van der Waals surface area contributed by atoms with Crippen molar-refractivity contribution in [2.24, 2.45) is 0 Å². The molecule has 0 unspecified atom stereocenters. The molecule has 0 bridgehead atoms. The number of Topliss-reactive ketones (excluding diaryl/α,β-unsaturated/α-hetero) is 1. The highest BCUT2D eigenvalue weighted by molar-refractivity contribution is 7.18. The normalized spacial score (nSPS) is 13.1. The van der Waals surface area contributed by atoms with Crippen LogP contribution < -0.4 is 14.8 Å². The second-order valence-corrected chi connectivity index (χ2v) is 6.21. The second kappa shape index (κ2) is 6.92. The van der Waals surface area contributed by atoms with E-state index >= 15 is 0 Å². The molecule has 134 valence electrons. The van der Waals surface area contributed by atoms with Gasteiger partial charge in [0.15, 0.2) is 16.7 Å². The van der Waals surface area contributed by atoms with Crippen molar-refractivity contribution in [1.29, 1.82) is 0 Å². The van der Waals surface area contributed by atoms with Crippen molar-refractivity contribution in [2.45, 2.75) is 0 Å². The maximum atomic E-state index is 12.8. The summed E-state index contributed by atoms with van der Waals surface area (Å²) in [6.45, 7) is -0.00492. The minimum absolute atomic E-state index is 0.00492. The molecule has 3 rings (SSSR count). The van der Waals surface area contributed by atoms with Gasteiger partial charge in [0.05, 0.1) is 30.3 Å². The summed E-state index contributed by atoms with van der Waals surface area (Å²) < 4.78 is 10.4. The van der Waals surface area contributed by atoms with Crippen molar-refractivity contribution in [3.63, 3.8) is 0 Å². The molecule has 0 radical (unpaired) electrons. The van der Waals surface area contributed by atoms with Gasteiger partial charge in [-0.3, -0.25) is 19.7 Å². The quantitative estimate of drug-likeness (QED) is 0.604. The van der Waals surface area contributed by atoms with E-state index in [-0.39, 0.29) is 56.4 Å². The Morgan fingerprint density at radius 2 is 1.85 bits per heavy atom. The van der Waals surface area contributed by atoms with Crippen LogP contribution in [-0.2, 0) is 0 Å². The maximum absolute atomic E-state index is 12.8. The van der Waals surface area contributed by atoms with E-state index in [4.69, 9.17) is 9.47 Å². The summed E-state index contributed by atoms with van der Waals surface area (Å²) in [4.78, 5) is 39.3. The van der Waals surface area contributed by atoms with E-state index in [2.05, 4.69) is 10.3 Å². The standard InChI is InChI=1S/C16H13N3O6S/c1-24-10-3-4-11(25-2)14-13(10)9(20)5-8(15(14)21)6-17-16-18-7-12(26-16)19(22)23/h3-5,7H,6H2,1-2H3,(H,17,18). The fraction of sp³-hybridized carbons (Fsp3) is 0.188. The third kappa shape index (κ3) is 3.02. The smallest absolute Gasteiger partial charge is 0.345 e. The first-order chi connectivity index (χ1) is 12.5. The molecule has 0 aliphatic heterocycles. The molecule has 26 heavy (non-hydrogen) atoms. The van der Waals surface area contributed by atoms with Crippen molar-refractivity contribution in [1.82, 2.24) is 4.98 Å². The number of ether oxygens (including phenoxy) is 2. The molecular formula is C16H13N3O6S. The second-order valence-electron chi connectivity index (χ2n) is 5.20. The predicted octanol–water partition coefficient (Wildman–Crippen LogP) is 2.49. The van der Waals surface area contributed by atoms with Crippen LogP contribution in [0.25, 0.3) is 0 Å². The van der Waals surface area contributed by atoms with E-state index in [1.54, 1.807) is 12.1 Å². The lowest BCUT2D eigenvalue weighted by Gasteiger charge is -2.20. The van der Waals surface area contributed by atoms with Crippen molar-refractivity contribution < 1.29 is 24.0 Å². The zero-order valence-electron chi connectivity index (χ0n) is 13.8. The number of rotatable bonds is 6. The third-order valence-corrected chi connectivity index (χ3v) is 4.65. The lowest BCUT2D eigenvalue weighted by molar-refractivity contribution is -0.380. The predicted molar refractivity (Wildman–Crippen MR) is 93.5 cm³/mol. The summed E-state index contributed by atoms with van der Waals surface area (Å²) in [6.07, 6.45) is 2.35. The first-order valence-corrected chi connectivity index (χ1v) is 8.16. The number of nitrogens with zero attached hydrogens (tertiary/aromatic N) is 2. The Kier molecular flexibility index (Phi) is 4.67. The van der Waals surface area contributed by atoms with E-state index < -0.39 is 4.92 Å². The Balaban J connectivity index is 1.89. The Bertz CT molecular complexity index is 949. The maximum Gasteiger partial charge on any atom is 0.345 e. The van der Waals surface area contributed by atoms with Gasteiger partial charge in [0.2, 0.25) is 0 Å². The number of methoxy groups -OCH3 is 2. The van der Waals surface area contributed by atoms with Crippen LogP contribution >= 0.6 is 11.3 Å². The highest BCUT2D eigenvalue weighted by atomic mass is 32.1. The molecule has 1 aliphatic carbocycles. The van der Waals surface area contributed by atoms with Crippen molar-refractivity contribution in [3.8, 4) is 11.5 Å². The molecule has 9 nitrogen and oxygen atoms in total. The molecule has 0 atom stereocenters. The number of thiazole rings is 1. The largest absolute Gasteiger partial charge is 0.496 e. The molecular weight excluding hydrogens is 362 g/mol. The minimum Gasteiger partial charge on any atom is -0.496 e. The van der Waals surface area contributed by atoms with Crippen molar-refractivity contribution in [2.75, 3.05) is 26.1 Å². The van der Waals surface area contributed by atoms with E-state index in [9.17, 15) is 19.7 Å². The van der Waals surface area contributed by atoms with E-state index in [1.807, 2.05) is 0 Å². The topological polar surface area (TPSA) is 121 Å². The van der Waals surface area contributed by atoms with Crippen LogP contribution in [-0.4, -0.2) is 42.2 Å².